The third-order valence-corrected chi connectivity index (χ3v) is 7.36. The van der Waals surface area contributed by atoms with Gasteiger partial charge in [0.05, 0.1) is 15.9 Å². The van der Waals surface area contributed by atoms with Crippen LogP contribution < -0.4 is 5.32 Å². The Morgan fingerprint density at radius 3 is 2.72 bits per heavy atom. The van der Waals surface area contributed by atoms with Crippen LogP contribution in [0.25, 0.3) is 0 Å². The van der Waals surface area contributed by atoms with Crippen molar-refractivity contribution >= 4 is 39.9 Å². The normalized spacial score (nSPS) is 19.2. The van der Waals surface area contributed by atoms with Crippen LogP contribution in [0.15, 0.2) is 34.1 Å². The number of benzene rings is 1. The standard InChI is InChI=1S/C17H26N2O3S2.ClH/c1-4-11-24(21,22)16-8-6-5-7-15(16)23-14(3)17(20)19-10-9-18-12-13(19)2;/h5-8,13-14,18H,4,9-12H2,1-3H3;1H. The molecule has 8 heteroatoms. The maximum Gasteiger partial charge on any atom is 0.236 e. The van der Waals surface area contributed by atoms with Crippen LogP contribution in [-0.2, 0) is 14.6 Å². The summed E-state index contributed by atoms with van der Waals surface area (Å²) >= 11 is 1.34. The van der Waals surface area contributed by atoms with Crippen molar-refractivity contribution < 1.29 is 13.2 Å². The highest BCUT2D eigenvalue weighted by Crippen LogP contribution is 2.31. The maximum atomic E-state index is 12.7. The molecule has 142 valence electrons. The fourth-order valence-electron chi connectivity index (χ4n) is 2.83. The molecule has 2 atom stereocenters. The van der Waals surface area contributed by atoms with Gasteiger partial charge in [-0.25, -0.2) is 8.42 Å². The average molecular weight is 407 g/mol. The van der Waals surface area contributed by atoms with Crippen LogP contribution in [0, 0.1) is 0 Å². The van der Waals surface area contributed by atoms with Gasteiger partial charge in [0.15, 0.2) is 9.84 Å². The van der Waals surface area contributed by atoms with Crippen LogP contribution >= 0.6 is 24.2 Å². The second-order valence-electron chi connectivity index (χ2n) is 6.11. The van der Waals surface area contributed by atoms with E-state index in [4.69, 9.17) is 0 Å². The van der Waals surface area contributed by atoms with Crippen LogP contribution in [-0.4, -0.2) is 55.9 Å². The van der Waals surface area contributed by atoms with Gasteiger partial charge in [-0.05, 0) is 32.4 Å². The third-order valence-electron chi connectivity index (χ3n) is 4.09. The number of carbonyl (C=O) groups is 1. The molecule has 1 aliphatic heterocycles. The predicted octanol–water partition coefficient (Wildman–Crippen LogP) is 2.59. The number of halogens is 1. The molecule has 1 amide bonds. The van der Waals surface area contributed by atoms with E-state index in [1.165, 1.54) is 11.8 Å². The van der Waals surface area contributed by atoms with Crippen molar-refractivity contribution in [2.75, 3.05) is 25.4 Å². The summed E-state index contributed by atoms with van der Waals surface area (Å²) in [6, 6.07) is 7.14. The van der Waals surface area contributed by atoms with E-state index < -0.39 is 9.84 Å². The molecule has 1 fully saturated rings. The van der Waals surface area contributed by atoms with Gasteiger partial charge in [-0.3, -0.25) is 4.79 Å². The molecule has 0 radical (unpaired) electrons. The highest BCUT2D eigenvalue weighted by Gasteiger charge is 2.28. The van der Waals surface area contributed by atoms with Crippen molar-refractivity contribution in [2.24, 2.45) is 0 Å². The predicted molar refractivity (Wildman–Crippen MR) is 105 cm³/mol. The first-order chi connectivity index (χ1) is 11.4. The Hall–Kier alpha value is -0.760. The lowest BCUT2D eigenvalue weighted by Gasteiger charge is -2.35. The van der Waals surface area contributed by atoms with Crippen molar-refractivity contribution in [1.82, 2.24) is 10.2 Å². The molecule has 0 spiro atoms. The van der Waals surface area contributed by atoms with E-state index in [-0.39, 0.29) is 35.4 Å². The van der Waals surface area contributed by atoms with Crippen LogP contribution in [0.4, 0.5) is 0 Å². The van der Waals surface area contributed by atoms with E-state index in [1.807, 2.05) is 31.7 Å². The molecule has 0 bridgehead atoms. The first-order valence-electron chi connectivity index (χ1n) is 8.36. The second-order valence-corrected chi connectivity index (χ2v) is 9.57. The zero-order chi connectivity index (χ0) is 17.7. The molecule has 1 heterocycles. The number of nitrogens with one attached hydrogen (secondary N) is 1. The van der Waals surface area contributed by atoms with Crippen molar-refractivity contribution in [1.29, 1.82) is 0 Å². The molecule has 0 aliphatic carbocycles. The summed E-state index contributed by atoms with van der Waals surface area (Å²) in [6.07, 6.45) is 0.577. The molecule has 2 rings (SSSR count). The van der Waals surface area contributed by atoms with Crippen LogP contribution in [0.1, 0.15) is 27.2 Å². The van der Waals surface area contributed by atoms with Gasteiger partial charge in [0.25, 0.3) is 0 Å². The number of piperazine rings is 1. The van der Waals surface area contributed by atoms with E-state index in [9.17, 15) is 13.2 Å². The van der Waals surface area contributed by atoms with Gasteiger partial charge in [0, 0.05) is 30.6 Å². The number of thioether (sulfide) groups is 1. The summed E-state index contributed by atoms with van der Waals surface area (Å²) in [5.74, 6) is 0.193. The molecule has 0 saturated carbocycles. The van der Waals surface area contributed by atoms with Gasteiger partial charge in [-0.2, -0.15) is 0 Å². The third kappa shape index (κ3) is 5.61. The Kier molecular flexibility index (Phi) is 8.74. The largest absolute Gasteiger partial charge is 0.336 e. The number of hydrogen-bond acceptors (Lipinski definition) is 5. The quantitative estimate of drug-likeness (QED) is 0.735. The molecule has 25 heavy (non-hydrogen) atoms. The van der Waals surface area contributed by atoms with E-state index in [0.717, 1.165) is 13.1 Å². The summed E-state index contributed by atoms with van der Waals surface area (Å²) < 4.78 is 24.9. The van der Waals surface area contributed by atoms with Crippen molar-refractivity contribution in [3.63, 3.8) is 0 Å². The van der Waals surface area contributed by atoms with Gasteiger partial charge < -0.3 is 10.2 Å². The molecule has 1 aromatic rings. The van der Waals surface area contributed by atoms with E-state index in [1.54, 1.807) is 18.2 Å². The first-order valence-corrected chi connectivity index (χ1v) is 10.9. The Labute approximate surface area is 161 Å². The first kappa shape index (κ1) is 22.3. The summed E-state index contributed by atoms with van der Waals surface area (Å²) in [5.41, 5.74) is 0. The zero-order valence-corrected chi connectivity index (χ0v) is 17.3. The lowest BCUT2D eigenvalue weighted by Crippen LogP contribution is -2.54. The molecule has 1 aliphatic rings. The minimum Gasteiger partial charge on any atom is -0.336 e. The van der Waals surface area contributed by atoms with Gasteiger partial charge >= 0.3 is 0 Å². The van der Waals surface area contributed by atoms with Gasteiger partial charge in [-0.15, -0.1) is 24.2 Å². The number of sulfone groups is 1. The molecule has 1 N–H and O–H groups in total. The number of amides is 1. The molecular weight excluding hydrogens is 380 g/mol. The fourth-order valence-corrected chi connectivity index (χ4v) is 5.73. The Morgan fingerprint density at radius 2 is 2.08 bits per heavy atom. The van der Waals surface area contributed by atoms with Crippen molar-refractivity contribution in [3.05, 3.63) is 24.3 Å². The van der Waals surface area contributed by atoms with Gasteiger partial charge in [-0.1, -0.05) is 19.1 Å². The Balaban J connectivity index is 0.00000312. The number of nitrogens with zero attached hydrogens (tertiary/aromatic N) is 1. The summed E-state index contributed by atoms with van der Waals surface area (Å²) in [4.78, 5) is 15.6. The maximum absolute atomic E-state index is 12.7. The highest BCUT2D eigenvalue weighted by molar-refractivity contribution is 8.01. The van der Waals surface area contributed by atoms with Crippen LogP contribution in [0.2, 0.25) is 0 Å². The number of hydrogen-bond donors (Lipinski definition) is 1. The van der Waals surface area contributed by atoms with Gasteiger partial charge in [0.2, 0.25) is 5.91 Å². The smallest absolute Gasteiger partial charge is 0.236 e. The summed E-state index contributed by atoms with van der Waals surface area (Å²) in [6.45, 7) is 8.03. The number of rotatable bonds is 6. The van der Waals surface area contributed by atoms with Gasteiger partial charge in [0.1, 0.15) is 0 Å². The molecular formula is C17H27ClN2O3S2. The molecule has 1 saturated heterocycles. The van der Waals surface area contributed by atoms with Crippen LogP contribution in [0.5, 0.6) is 0 Å². The lowest BCUT2D eigenvalue weighted by atomic mass is 10.2. The Bertz CT molecular complexity index is 682. The average Bonchev–Trinajstić information content (AvgIpc) is 2.55. The van der Waals surface area contributed by atoms with E-state index in [2.05, 4.69) is 5.32 Å². The molecule has 1 aromatic carbocycles. The molecule has 2 unspecified atom stereocenters. The fraction of sp³-hybridized carbons (Fsp3) is 0.588. The minimum atomic E-state index is -3.30. The minimum absolute atomic E-state index is 0. The van der Waals surface area contributed by atoms with E-state index in [0.29, 0.717) is 22.8 Å². The summed E-state index contributed by atoms with van der Waals surface area (Å²) in [7, 11) is -3.30. The molecule has 0 aromatic heterocycles. The monoisotopic (exact) mass is 406 g/mol. The second kappa shape index (κ2) is 9.80. The topological polar surface area (TPSA) is 66.5 Å². The molecule has 5 nitrogen and oxygen atoms in total. The number of carbonyl (C=O) groups excluding carboxylic acids is 1. The summed E-state index contributed by atoms with van der Waals surface area (Å²) in [5, 5.41) is 2.95. The van der Waals surface area contributed by atoms with Crippen molar-refractivity contribution in [3.8, 4) is 0 Å². The van der Waals surface area contributed by atoms with E-state index >= 15 is 0 Å². The zero-order valence-electron chi connectivity index (χ0n) is 14.9. The van der Waals surface area contributed by atoms with Crippen LogP contribution in [0.3, 0.4) is 0 Å². The Morgan fingerprint density at radius 1 is 1.40 bits per heavy atom. The SMILES string of the molecule is CCCS(=O)(=O)c1ccccc1SC(C)C(=O)N1CCNCC1C.Cl. The lowest BCUT2D eigenvalue weighted by molar-refractivity contribution is -0.133. The van der Waals surface area contributed by atoms with Crippen molar-refractivity contribution in [2.45, 2.75) is 48.3 Å². The highest BCUT2D eigenvalue weighted by atomic mass is 35.5.